The number of methoxy groups -OCH3 is 1. The normalized spacial score (nSPS) is 16.2. The van der Waals surface area contributed by atoms with E-state index in [2.05, 4.69) is 10.1 Å². The van der Waals surface area contributed by atoms with Crippen LogP contribution in [0.25, 0.3) is 0 Å². The van der Waals surface area contributed by atoms with E-state index in [-0.39, 0.29) is 6.09 Å². The molecule has 7 nitrogen and oxygen atoms in total. The smallest absolute Gasteiger partial charge is 0.410 e. The zero-order chi connectivity index (χ0) is 18.0. The van der Waals surface area contributed by atoms with Crippen LogP contribution in [0.3, 0.4) is 0 Å². The van der Waals surface area contributed by atoms with Crippen molar-refractivity contribution in [3.63, 3.8) is 0 Å². The van der Waals surface area contributed by atoms with Crippen molar-refractivity contribution in [1.29, 1.82) is 0 Å². The summed E-state index contributed by atoms with van der Waals surface area (Å²) in [5, 5.41) is 4.10. The summed E-state index contributed by atoms with van der Waals surface area (Å²) in [6.07, 6.45) is 1.98. The molecule has 2 heterocycles. The monoisotopic (exact) mass is 339 g/mol. The highest BCUT2D eigenvalue weighted by Gasteiger charge is 2.37. The van der Waals surface area contributed by atoms with Gasteiger partial charge in [-0.15, -0.1) is 0 Å². The zero-order valence-electron chi connectivity index (χ0n) is 15.6. The number of hydrogen-bond donors (Lipinski definition) is 0. The van der Waals surface area contributed by atoms with Crippen LogP contribution in [0.15, 0.2) is 4.52 Å². The van der Waals surface area contributed by atoms with E-state index in [0.717, 1.165) is 12.8 Å². The minimum atomic E-state index is -0.482. The Balaban J connectivity index is 1.88. The third-order valence-corrected chi connectivity index (χ3v) is 4.48. The van der Waals surface area contributed by atoms with Gasteiger partial charge in [-0.2, -0.15) is 4.98 Å². The first-order valence-corrected chi connectivity index (χ1v) is 8.59. The number of carbonyl (C=O) groups is 1. The number of ether oxygens (including phenoxy) is 2. The van der Waals surface area contributed by atoms with Gasteiger partial charge in [0.2, 0.25) is 11.7 Å². The lowest BCUT2D eigenvalue weighted by atomic mass is 9.95. The lowest BCUT2D eigenvalue weighted by Gasteiger charge is -2.39. The Morgan fingerprint density at radius 3 is 2.42 bits per heavy atom. The van der Waals surface area contributed by atoms with E-state index >= 15 is 0 Å². The number of rotatable bonds is 6. The molecule has 1 aromatic rings. The Morgan fingerprint density at radius 1 is 1.29 bits per heavy atom. The molecule has 0 N–H and O–H groups in total. The first kappa shape index (κ1) is 18.7. The van der Waals surface area contributed by atoms with Crippen LogP contribution in [0.5, 0.6) is 0 Å². The Bertz CT molecular complexity index is 546. The van der Waals surface area contributed by atoms with Crippen LogP contribution < -0.4 is 0 Å². The van der Waals surface area contributed by atoms with Crippen LogP contribution in [0, 0.1) is 5.92 Å². The van der Waals surface area contributed by atoms with Crippen molar-refractivity contribution in [2.24, 2.45) is 5.92 Å². The van der Waals surface area contributed by atoms with Gasteiger partial charge < -0.3 is 18.9 Å². The molecule has 2 rings (SSSR count). The molecule has 1 fully saturated rings. The maximum Gasteiger partial charge on any atom is 0.410 e. The molecule has 0 aliphatic carbocycles. The van der Waals surface area contributed by atoms with Crippen LogP contribution in [0.4, 0.5) is 4.79 Å². The Kier molecular flexibility index (Phi) is 5.52. The van der Waals surface area contributed by atoms with Crippen LogP contribution >= 0.6 is 0 Å². The van der Waals surface area contributed by atoms with Gasteiger partial charge in [0.15, 0.2) is 0 Å². The van der Waals surface area contributed by atoms with Crippen molar-refractivity contribution in [2.75, 3.05) is 20.2 Å². The summed E-state index contributed by atoms with van der Waals surface area (Å²) < 4.78 is 16.4. The third-order valence-electron chi connectivity index (χ3n) is 4.48. The number of carbonyl (C=O) groups excluding carboxylic acids is 1. The van der Waals surface area contributed by atoms with E-state index in [9.17, 15) is 4.79 Å². The fourth-order valence-electron chi connectivity index (χ4n) is 2.89. The number of hydrogen-bond acceptors (Lipinski definition) is 6. The molecule has 1 aromatic heterocycles. The lowest BCUT2D eigenvalue weighted by molar-refractivity contribution is -0.0306. The predicted molar refractivity (Wildman–Crippen MR) is 88.6 cm³/mol. The van der Waals surface area contributed by atoms with E-state index in [1.54, 1.807) is 12.0 Å². The predicted octanol–water partition coefficient (Wildman–Crippen LogP) is 3.14. The topological polar surface area (TPSA) is 77.7 Å². The lowest BCUT2D eigenvalue weighted by Crippen LogP contribution is -2.52. The highest BCUT2D eigenvalue weighted by atomic mass is 16.6. The van der Waals surface area contributed by atoms with Gasteiger partial charge in [-0.05, 0) is 33.6 Å². The number of aromatic nitrogens is 2. The van der Waals surface area contributed by atoms with Gasteiger partial charge in [-0.1, -0.05) is 19.0 Å². The van der Waals surface area contributed by atoms with Gasteiger partial charge in [-0.3, -0.25) is 0 Å². The van der Waals surface area contributed by atoms with Gasteiger partial charge in [0.25, 0.3) is 0 Å². The summed E-state index contributed by atoms with van der Waals surface area (Å²) in [7, 11) is 1.67. The van der Waals surface area contributed by atoms with Gasteiger partial charge >= 0.3 is 6.09 Å². The van der Waals surface area contributed by atoms with Crippen molar-refractivity contribution >= 4 is 6.09 Å². The highest BCUT2D eigenvalue weighted by molar-refractivity contribution is 5.69. The van der Waals surface area contributed by atoms with Gasteiger partial charge in [0, 0.05) is 32.5 Å². The van der Waals surface area contributed by atoms with E-state index in [4.69, 9.17) is 14.0 Å². The Hall–Kier alpha value is -1.63. The molecule has 136 valence electrons. The largest absolute Gasteiger partial charge is 0.444 e. The average molecular weight is 339 g/mol. The minimum absolute atomic E-state index is 0.264. The number of amides is 1. The molecule has 0 atom stereocenters. The van der Waals surface area contributed by atoms with Crippen molar-refractivity contribution in [2.45, 2.75) is 65.1 Å². The summed E-state index contributed by atoms with van der Waals surface area (Å²) in [5.74, 6) is 1.53. The summed E-state index contributed by atoms with van der Waals surface area (Å²) in [6.45, 7) is 11.0. The fourth-order valence-corrected chi connectivity index (χ4v) is 2.89. The summed E-state index contributed by atoms with van der Waals surface area (Å²) in [4.78, 5) is 18.1. The molecule has 1 amide bonds. The first-order valence-electron chi connectivity index (χ1n) is 8.59. The third kappa shape index (κ3) is 4.06. The molecule has 0 saturated carbocycles. The Labute approximate surface area is 143 Å². The fraction of sp³-hybridized carbons (Fsp3) is 0.824. The van der Waals surface area contributed by atoms with Crippen molar-refractivity contribution in [3.05, 3.63) is 11.7 Å². The second-order valence-electron chi connectivity index (χ2n) is 7.37. The maximum atomic E-state index is 11.9. The molecule has 0 bridgehead atoms. The SMILES string of the molecule is CCC(CC)(OC)c1noc(CC2CN(C(=O)OC(C)(C)C)C2)n1. The van der Waals surface area contributed by atoms with Gasteiger partial charge in [0.1, 0.15) is 11.2 Å². The van der Waals surface area contributed by atoms with E-state index in [1.807, 2.05) is 34.6 Å². The summed E-state index contributed by atoms with van der Waals surface area (Å²) in [5.41, 5.74) is -0.947. The molecule has 1 aliphatic heterocycles. The van der Waals surface area contributed by atoms with E-state index in [1.165, 1.54) is 0 Å². The number of likely N-dealkylation sites (tertiary alicyclic amines) is 1. The second-order valence-corrected chi connectivity index (χ2v) is 7.37. The maximum absolute atomic E-state index is 11.9. The zero-order valence-corrected chi connectivity index (χ0v) is 15.6. The first-order chi connectivity index (χ1) is 11.2. The van der Waals surface area contributed by atoms with Gasteiger partial charge in [0.05, 0.1) is 0 Å². The summed E-state index contributed by atoms with van der Waals surface area (Å²) >= 11 is 0. The molecule has 0 spiro atoms. The molecule has 0 aromatic carbocycles. The molecule has 24 heavy (non-hydrogen) atoms. The van der Waals surface area contributed by atoms with Crippen molar-refractivity contribution < 1.29 is 18.8 Å². The highest BCUT2D eigenvalue weighted by Crippen LogP contribution is 2.31. The van der Waals surface area contributed by atoms with Crippen molar-refractivity contribution in [3.8, 4) is 0 Å². The van der Waals surface area contributed by atoms with E-state index < -0.39 is 11.2 Å². The second kappa shape index (κ2) is 7.09. The standard InChI is InChI=1S/C17H29N3O4/c1-7-17(8-2,22-6)14-18-13(24-19-14)9-12-10-20(11-12)15(21)23-16(3,4)5/h12H,7-11H2,1-6H3. The molecule has 7 heteroatoms. The van der Waals surface area contributed by atoms with Crippen molar-refractivity contribution in [1.82, 2.24) is 15.0 Å². The molecular weight excluding hydrogens is 310 g/mol. The average Bonchev–Trinajstić information content (AvgIpc) is 2.92. The van der Waals surface area contributed by atoms with E-state index in [0.29, 0.717) is 37.1 Å². The summed E-state index contributed by atoms with van der Waals surface area (Å²) in [6, 6.07) is 0. The Morgan fingerprint density at radius 2 is 1.92 bits per heavy atom. The van der Waals surface area contributed by atoms with Crippen LogP contribution in [0.2, 0.25) is 0 Å². The number of nitrogens with zero attached hydrogens (tertiary/aromatic N) is 3. The van der Waals surface area contributed by atoms with Crippen LogP contribution in [0.1, 0.15) is 59.2 Å². The van der Waals surface area contributed by atoms with Crippen LogP contribution in [-0.4, -0.2) is 46.9 Å². The molecule has 1 aliphatic rings. The minimum Gasteiger partial charge on any atom is -0.444 e. The molecule has 0 radical (unpaired) electrons. The quantitative estimate of drug-likeness (QED) is 0.792. The van der Waals surface area contributed by atoms with Gasteiger partial charge in [-0.25, -0.2) is 4.79 Å². The molecule has 0 unspecified atom stereocenters. The van der Waals surface area contributed by atoms with Crippen LogP contribution in [-0.2, 0) is 21.5 Å². The molecule has 1 saturated heterocycles. The molecular formula is C17H29N3O4.